The van der Waals surface area contributed by atoms with E-state index in [1.54, 1.807) is 12.3 Å². The molecule has 0 atom stereocenters. The quantitative estimate of drug-likeness (QED) is 0.137. The van der Waals surface area contributed by atoms with E-state index in [9.17, 15) is 4.39 Å². The summed E-state index contributed by atoms with van der Waals surface area (Å²) in [5.74, 6) is -0.256. The maximum atomic E-state index is 13.8. The molecule has 2 nitrogen and oxygen atoms in total. The van der Waals surface area contributed by atoms with Crippen molar-refractivity contribution in [3.8, 4) is 11.3 Å². The normalized spacial score (nSPS) is 13.0. The Bertz CT molecular complexity index is 1640. The fourth-order valence-corrected chi connectivity index (χ4v) is 5.09. The van der Waals surface area contributed by atoms with Gasteiger partial charge in [0.1, 0.15) is 0 Å². The molecular formula is C31H21FIrN2-2. The van der Waals surface area contributed by atoms with Crippen LogP contribution in [0.3, 0.4) is 0 Å². The second-order valence-corrected chi connectivity index (χ2v) is 9.03. The van der Waals surface area contributed by atoms with Crippen LogP contribution in [0.4, 0.5) is 4.39 Å². The number of aromatic nitrogens is 2. The van der Waals surface area contributed by atoms with Gasteiger partial charge in [-0.1, -0.05) is 55.0 Å². The average Bonchev–Trinajstić information content (AvgIpc) is 3.13. The molecule has 173 valence electrons. The zero-order valence-electron chi connectivity index (χ0n) is 19.3. The number of benzene rings is 4. The fraction of sp³-hybridized carbons (Fsp3) is 0.0968. The largest absolute Gasteiger partial charge is 0.305 e. The summed E-state index contributed by atoms with van der Waals surface area (Å²) in [4.78, 5) is 8.81. The molecule has 0 spiro atoms. The minimum absolute atomic E-state index is 0. The molecule has 0 aliphatic heterocycles. The Morgan fingerprint density at radius 3 is 2.37 bits per heavy atom. The van der Waals surface area contributed by atoms with Gasteiger partial charge in [-0.2, -0.15) is 0 Å². The van der Waals surface area contributed by atoms with E-state index in [4.69, 9.17) is 0 Å². The molecule has 6 aromatic rings. The molecule has 2 heterocycles. The van der Waals surface area contributed by atoms with Crippen molar-refractivity contribution in [2.24, 2.45) is 0 Å². The molecule has 7 rings (SSSR count). The van der Waals surface area contributed by atoms with E-state index in [-0.39, 0.29) is 31.3 Å². The van der Waals surface area contributed by atoms with E-state index in [1.807, 2.05) is 48.7 Å². The summed E-state index contributed by atoms with van der Waals surface area (Å²) in [7, 11) is 0. The van der Waals surface area contributed by atoms with Crippen molar-refractivity contribution in [1.29, 1.82) is 0 Å². The van der Waals surface area contributed by atoms with Gasteiger partial charge in [-0.3, -0.25) is 4.39 Å². The van der Waals surface area contributed by atoms with Crippen molar-refractivity contribution in [2.45, 2.75) is 19.3 Å². The van der Waals surface area contributed by atoms with E-state index in [1.165, 1.54) is 28.0 Å². The summed E-state index contributed by atoms with van der Waals surface area (Å²) in [6.45, 7) is 4.48. The minimum Gasteiger partial charge on any atom is -0.305 e. The first-order valence-corrected chi connectivity index (χ1v) is 11.3. The zero-order valence-corrected chi connectivity index (χ0v) is 21.7. The smallest absolute Gasteiger partial charge is 0.0385 e. The van der Waals surface area contributed by atoms with E-state index in [0.29, 0.717) is 0 Å². The SMILES string of the molecule is CC1(C)c2cccc3c4cc(F)c[c-]c4c4nccc1c4c23.[Ir].[c-]1ccccc1-c1ccccn1. The van der Waals surface area contributed by atoms with Crippen molar-refractivity contribution in [1.82, 2.24) is 9.97 Å². The Morgan fingerprint density at radius 2 is 1.60 bits per heavy atom. The molecule has 0 amide bonds. The molecule has 2 aromatic heterocycles. The van der Waals surface area contributed by atoms with Crippen LogP contribution < -0.4 is 0 Å². The summed E-state index contributed by atoms with van der Waals surface area (Å²) in [6, 6.07) is 31.3. The third-order valence-electron chi connectivity index (χ3n) is 6.69. The molecule has 0 bridgehead atoms. The third-order valence-corrected chi connectivity index (χ3v) is 6.69. The molecular weight excluding hydrogens is 612 g/mol. The van der Waals surface area contributed by atoms with Crippen molar-refractivity contribution in [2.75, 3.05) is 0 Å². The van der Waals surface area contributed by atoms with Crippen LogP contribution in [0.25, 0.3) is 43.7 Å². The number of rotatable bonds is 1. The van der Waals surface area contributed by atoms with Crippen molar-refractivity contribution in [3.63, 3.8) is 0 Å². The standard InChI is InChI=1S/C20H13FN.C11H8N.Ir/c1-20(2)15-5-3-4-12-14-10-11(21)6-7-13(14)19-18(17(12)15)16(20)8-9-22-19;1-2-6-10(7-3-1)11-8-4-5-9-12-11;/h3-6,8-10H,1-2H3;1-6,8-9H;/q2*-1;. The topological polar surface area (TPSA) is 25.8 Å². The summed E-state index contributed by atoms with van der Waals surface area (Å²) >= 11 is 0. The maximum absolute atomic E-state index is 13.8. The van der Waals surface area contributed by atoms with Crippen LogP contribution in [-0.2, 0) is 25.5 Å². The Labute approximate surface area is 217 Å². The monoisotopic (exact) mass is 633 g/mol. The predicted octanol–water partition coefficient (Wildman–Crippen LogP) is 7.67. The summed E-state index contributed by atoms with van der Waals surface area (Å²) in [5, 5.41) is 5.31. The molecule has 0 saturated carbocycles. The van der Waals surface area contributed by atoms with E-state index in [2.05, 4.69) is 60.2 Å². The van der Waals surface area contributed by atoms with Crippen LogP contribution in [0.15, 0.2) is 91.3 Å². The zero-order chi connectivity index (χ0) is 23.3. The van der Waals surface area contributed by atoms with Gasteiger partial charge in [0.25, 0.3) is 0 Å². The molecule has 35 heavy (non-hydrogen) atoms. The Balaban J connectivity index is 0.000000167. The third kappa shape index (κ3) is 3.74. The number of fused-ring (bicyclic) bond motifs is 3. The van der Waals surface area contributed by atoms with Gasteiger partial charge in [-0.25, -0.2) is 0 Å². The Hall–Kier alpha value is -3.46. The second kappa shape index (κ2) is 8.96. The number of hydrogen-bond acceptors (Lipinski definition) is 2. The van der Waals surface area contributed by atoms with E-state index in [0.717, 1.165) is 32.9 Å². The summed E-state index contributed by atoms with van der Waals surface area (Å²) < 4.78 is 13.8. The van der Waals surface area contributed by atoms with Gasteiger partial charge in [0.05, 0.1) is 0 Å². The minimum atomic E-state index is -0.256. The molecule has 4 aromatic carbocycles. The van der Waals surface area contributed by atoms with Gasteiger partial charge < -0.3 is 9.97 Å². The second-order valence-electron chi connectivity index (χ2n) is 9.03. The van der Waals surface area contributed by atoms with Crippen molar-refractivity contribution >= 4 is 32.4 Å². The van der Waals surface area contributed by atoms with Gasteiger partial charge in [0, 0.05) is 43.7 Å². The van der Waals surface area contributed by atoms with Gasteiger partial charge >= 0.3 is 0 Å². The van der Waals surface area contributed by atoms with Crippen LogP contribution >= 0.6 is 0 Å². The van der Waals surface area contributed by atoms with Crippen molar-refractivity contribution < 1.29 is 24.5 Å². The number of halogens is 1. The molecule has 0 fully saturated rings. The first kappa shape index (κ1) is 23.3. The van der Waals surface area contributed by atoms with Gasteiger partial charge in [0.2, 0.25) is 0 Å². The summed E-state index contributed by atoms with van der Waals surface area (Å²) in [6.07, 6.45) is 3.64. The molecule has 0 saturated heterocycles. The maximum Gasteiger partial charge on any atom is 0.0385 e. The molecule has 1 aliphatic rings. The number of nitrogens with zero attached hydrogens (tertiary/aromatic N) is 2. The number of hydrogen-bond donors (Lipinski definition) is 0. The predicted molar refractivity (Wildman–Crippen MR) is 136 cm³/mol. The van der Waals surface area contributed by atoms with Crippen LogP contribution in [0, 0.1) is 17.9 Å². The molecule has 0 unspecified atom stereocenters. The molecule has 1 radical (unpaired) electrons. The van der Waals surface area contributed by atoms with E-state index >= 15 is 0 Å². The Kier molecular flexibility index (Phi) is 5.96. The van der Waals surface area contributed by atoms with Gasteiger partial charge in [-0.05, 0) is 45.2 Å². The average molecular weight is 633 g/mol. The van der Waals surface area contributed by atoms with Crippen LogP contribution in [0.5, 0.6) is 0 Å². The fourth-order valence-electron chi connectivity index (χ4n) is 5.09. The summed E-state index contributed by atoms with van der Waals surface area (Å²) in [5.41, 5.74) is 5.47. The molecule has 4 heteroatoms. The van der Waals surface area contributed by atoms with Gasteiger partial charge in [-0.15, -0.1) is 59.5 Å². The molecule has 1 aliphatic carbocycles. The first-order chi connectivity index (χ1) is 16.6. The van der Waals surface area contributed by atoms with Crippen molar-refractivity contribution in [3.05, 3.63) is 120 Å². The van der Waals surface area contributed by atoms with Crippen LogP contribution in [0.1, 0.15) is 25.0 Å². The van der Waals surface area contributed by atoms with E-state index < -0.39 is 0 Å². The van der Waals surface area contributed by atoms with Gasteiger partial charge in [0.15, 0.2) is 0 Å². The first-order valence-electron chi connectivity index (χ1n) is 11.3. The Morgan fingerprint density at radius 1 is 0.771 bits per heavy atom. The molecule has 0 N–H and O–H groups in total. The van der Waals surface area contributed by atoms with Crippen LogP contribution in [0.2, 0.25) is 0 Å². The number of pyridine rings is 2. The van der Waals surface area contributed by atoms with Crippen LogP contribution in [-0.4, -0.2) is 9.97 Å².